The molecule has 0 aromatic heterocycles. The zero-order valence-corrected chi connectivity index (χ0v) is 16.3. The smallest absolute Gasteiger partial charge is 0.237 e. The maximum Gasteiger partial charge on any atom is 0.237 e. The van der Waals surface area contributed by atoms with E-state index in [1.807, 2.05) is 0 Å². The Kier molecular flexibility index (Phi) is 15.9. The van der Waals surface area contributed by atoms with Gasteiger partial charge >= 0.3 is 0 Å². The summed E-state index contributed by atoms with van der Waals surface area (Å²) in [7, 11) is 0. The second-order valence-corrected chi connectivity index (χ2v) is 6.62. The van der Waals surface area contributed by atoms with Crippen LogP contribution in [-0.4, -0.2) is 36.5 Å². The maximum absolute atomic E-state index is 12.2. The van der Waals surface area contributed by atoms with E-state index in [4.69, 9.17) is 0 Å². The highest BCUT2D eigenvalue weighted by molar-refractivity contribution is 5.81. The van der Waals surface area contributed by atoms with Crippen LogP contribution in [0.5, 0.6) is 0 Å². The lowest BCUT2D eigenvalue weighted by Crippen LogP contribution is -2.46. The predicted molar refractivity (Wildman–Crippen MR) is 102 cm³/mol. The summed E-state index contributed by atoms with van der Waals surface area (Å²) in [5, 5.41) is 3.13. The Morgan fingerprint density at radius 1 is 0.783 bits per heavy atom. The Morgan fingerprint density at radius 2 is 1.26 bits per heavy atom. The lowest BCUT2D eigenvalue weighted by atomic mass is 10.1. The molecule has 1 N–H and O–H groups in total. The molecular weight excluding hydrogens is 284 g/mol. The normalized spacial score (nSPS) is 12.6. The van der Waals surface area contributed by atoms with Crippen molar-refractivity contribution in [3.05, 3.63) is 0 Å². The van der Waals surface area contributed by atoms with E-state index in [-0.39, 0.29) is 11.9 Å². The maximum atomic E-state index is 12.2. The quantitative estimate of drug-likeness (QED) is 0.398. The van der Waals surface area contributed by atoms with E-state index in [1.165, 1.54) is 57.8 Å². The number of hydrogen-bond donors (Lipinski definition) is 1. The first kappa shape index (κ1) is 22.4. The fourth-order valence-corrected chi connectivity index (χ4v) is 3.22. The molecule has 0 bridgehead atoms. The molecule has 0 aliphatic carbocycles. The summed E-state index contributed by atoms with van der Waals surface area (Å²) in [5.41, 5.74) is 0. The van der Waals surface area contributed by atoms with Gasteiger partial charge in [-0.05, 0) is 25.9 Å². The summed E-state index contributed by atoms with van der Waals surface area (Å²) in [6.45, 7) is 11.4. The molecule has 0 saturated heterocycles. The number of carbonyl (C=O) groups is 1. The van der Waals surface area contributed by atoms with Crippen molar-refractivity contribution in [3.63, 3.8) is 0 Å². The highest BCUT2D eigenvalue weighted by atomic mass is 16.2. The highest BCUT2D eigenvalue weighted by Gasteiger charge is 2.21. The van der Waals surface area contributed by atoms with Crippen LogP contribution in [0.2, 0.25) is 0 Å². The van der Waals surface area contributed by atoms with Crippen molar-refractivity contribution in [2.75, 3.05) is 19.6 Å². The van der Waals surface area contributed by atoms with Crippen molar-refractivity contribution in [3.8, 4) is 0 Å². The molecule has 0 aromatic carbocycles. The van der Waals surface area contributed by atoms with Crippen LogP contribution in [0.1, 0.15) is 98.3 Å². The number of hydrogen-bond acceptors (Lipinski definition) is 2. The third kappa shape index (κ3) is 11.6. The van der Waals surface area contributed by atoms with Gasteiger partial charge in [0.05, 0.1) is 6.04 Å². The van der Waals surface area contributed by atoms with Crippen LogP contribution in [0.25, 0.3) is 0 Å². The molecule has 0 heterocycles. The molecule has 0 aliphatic heterocycles. The molecule has 138 valence electrons. The Labute approximate surface area is 145 Å². The first-order valence-corrected chi connectivity index (χ1v) is 10.2. The Morgan fingerprint density at radius 3 is 1.70 bits per heavy atom. The zero-order valence-electron chi connectivity index (χ0n) is 16.3. The molecule has 0 rings (SSSR count). The van der Waals surface area contributed by atoms with Crippen molar-refractivity contribution in [1.29, 1.82) is 0 Å². The van der Waals surface area contributed by atoms with Gasteiger partial charge in [0, 0.05) is 6.54 Å². The van der Waals surface area contributed by atoms with Crippen LogP contribution in [0.3, 0.4) is 0 Å². The molecule has 0 spiro atoms. The van der Waals surface area contributed by atoms with E-state index in [2.05, 4.69) is 37.9 Å². The van der Waals surface area contributed by atoms with E-state index in [0.717, 1.165) is 32.5 Å². The molecule has 3 nitrogen and oxygen atoms in total. The van der Waals surface area contributed by atoms with Gasteiger partial charge in [-0.2, -0.15) is 0 Å². The number of amides is 1. The molecule has 1 unspecified atom stereocenters. The largest absolute Gasteiger partial charge is 0.355 e. The van der Waals surface area contributed by atoms with Gasteiger partial charge in [-0.15, -0.1) is 0 Å². The molecule has 0 aliphatic rings. The number of carbonyl (C=O) groups excluding carboxylic acids is 1. The molecule has 1 amide bonds. The molecule has 1 atom stereocenters. The van der Waals surface area contributed by atoms with Crippen molar-refractivity contribution >= 4 is 5.91 Å². The van der Waals surface area contributed by atoms with E-state index < -0.39 is 0 Å². The van der Waals surface area contributed by atoms with Crippen molar-refractivity contribution in [2.24, 2.45) is 0 Å². The molecule has 0 aromatic rings. The fraction of sp³-hybridized carbons (Fsp3) is 0.950. The predicted octanol–water partition coefficient (Wildman–Crippen LogP) is 5.14. The minimum absolute atomic E-state index is 0.0492. The third-order valence-electron chi connectivity index (χ3n) is 4.77. The molecule has 0 radical (unpaired) electrons. The third-order valence-corrected chi connectivity index (χ3v) is 4.77. The zero-order chi connectivity index (χ0) is 17.3. The second-order valence-electron chi connectivity index (χ2n) is 6.62. The Balaban J connectivity index is 3.54. The summed E-state index contributed by atoms with van der Waals surface area (Å²) in [6.07, 6.45) is 14.3. The van der Waals surface area contributed by atoms with E-state index in [0.29, 0.717) is 0 Å². The van der Waals surface area contributed by atoms with E-state index in [9.17, 15) is 4.79 Å². The van der Waals surface area contributed by atoms with E-state index >= 15 is 0 Å². The number of likely N-dealkylation sites (N-methyl/N-ethyl adjacent to an activating group) is 1. The van der Waals surface area contributed by atoms with Crippen molar-refractivity contribution in [2.45, 2.75) is 104 Å². The molecular formula is C20H42N2O. The van der Waals surface area contributed by atoms with Gasteiger partial charge in [0.15, 0.2) is 0 Å². The molecule has 23 heavy (non-hydrogen) atoms. The minimum Gasteiger partial charge on any atom is -0.355 e. The lowest BCUT2D eigenvalue weighted by molar-refractivity contribution is -0.126. The van der Waals surface area contributed by atoms with Gasteiger partial charge in [0.25, 0.3) is 0 Å². The van der Waals surface area contributed by atoms with Crippen LogP contribution >= 0.6 is 0 Å². The standard InChI is InChI=1S/C20H42N2O/c1-5-9-10-11-12-13-14-15-16-17-18-21-20(23)19(6-2)22(7-3)8-4/h19H,5-18H2,1-4H3,(H,21,23). The lowest BCUT2D eigenvalue weighted by Gasteiger charge is -2.27. The van der Waals surface area contributed by atoms with E-state index in [1.54, 1.807) is 0 Å². The first-order chi connectivity index (χ1) is 11.2. The summed E-state index contributed by atoms with van der Waals surface area (Å²) in [5.74, 6) is 0.215. The van der Waals surface area contributed by atoms with Crippen LogP contribution in [0, 0.1) is 0 Å². The fourth-order valence-electron chi connectivity index (χ4n) is 3.22. The Hall–Kier alpha value is -0.570. The van der Waals surface area contributed by atoms with Gasteiger partial charge in [0.2, 0.25) is 5.91 Å². The topological polar surface area (TPSA) is 32.3 Å². The van der Waals surface area contributed by atoms with Gasteiger partial charge in [0.1, 0.15) is 0 Å². The van der Waals surface area contributed by atoms with Gasteiger partial charge < -0.3 is 5.32 Å². The summed E-state index contributed by atoms with van der Waals surface area (Å²) >= 11 is 0. The van der Waals surface area contributed by atoms with Crippen molar-refractivity contribution in [1.82, 2.24) is 10.2 Å². The SMILES string of the molecule is CCCCCCCCCCCCNC(=O)C(CC)N(CC)CC. The van der Waals surface area contributed by atoms with Gasteiger partial charge in [-0.25, -0.2) is 0 Å². The van der Waals surface area contributed by atoms with Crippen LogP contribution in [0.15, 0.2) is 0 Å². The summed E-state index contributed by atoms with van der Waals surface area (Å²) in [6, 6.07) is 0.0492. The average molecular weight is 327 g/mol. The van der Waals surface area contributed by atoms with Crippen LogP contribution in [0.4, 0.5) is 0 Å². The monoisotopic (exact) mass is 326 g/mol. The summed E-state index contributed by atoms with van der Waals surface area (Å²) in [4.78, 5) is 14.5. The summed E-state index contributed by atoms with van der Waals surface area (Å²) < 4.78 is 0. The first-order valence-electron chi connectivity index (χ1n) is 10.2. The second kappa shape index (κ2) is 16.3. The van der Waals surface area contributed by atoms with Crippen LogP contribution in [-0.2, 0) is 4.79 Å². The Bertz CT molecular complexity index is 264. The highest BCUT2D eigenvalue weighted by Crippen LogP contribution is 2.10. The number of nitrogens with one attached hydrogen (secondary N) is 1. The van der Waals surface area contributed by atoms with Gasteiger partial charge in [-0.1, -0.05) is 85.5 Å². The molecule has 0 fully saturated rings. The minimum atomic E-state index is 0.0492. The number of nitrogens with zero attached hydrogens (tertiary/aromatic N) is 1. The average Bonchev–Trinajstić information content (AvgIpc) is 2.57. The number of rotatable bonds is 16. The van der Waals surface area contributed by atoms with Crippen molar-refractivity contribution < 1.29 is 4.79 Å². The number of unbranched alkanes of at least 4 members (excludes halogenated alkanes) is 9. The van der Waals surface area contributed by atoms with Crippen LogP contribution < -0.4 is 5.32 Å². The van der Waals surface area contributed by atoms with Gasteiger partial charge in [-0.3, -0.25) is 9.69 Å². The molecule has 3 heteroatoms. The molecule has 0 saturated carbocycles.